The van der Waals surface area contributed by atoms with E-state index < -0.39 is 5.97 Å². The molecule has 28 heavy (non-hydrogen) atoms. The number of carboxylic acid groups (broad SMARTS) is 1. The molecule has 0 aliphatic carbocycles. The van der Waals surface area contributed by atoms with Crippen molar-refractivity contribution in [2.75, 3.05) is 0 Å². The van der Waals surface area contributed by atoms with Crippen LogP contribution >= 0.6 is 11.3 Å². The second-order valence-electron chi connectivity index (χ2n) is 6.56. The highest BCUT2D eigenvalue weighted by Gasteiger charge is 2.19. The molecule has 0 radical (unpaired) electrons. The smallest absolute Gasteiger partial charge is 0.303 e. The summed E-state index contributed by atoms with van der Waals surface area (Å²) >= 11 is 1.40. The fraction of sp³-hybridized carbons (Fsp3) is 0.190. The number of fused-ring (bicyclic) bond motifs is 1. The number of rotatable bonds is 6. The van der Waals surface area contributed by atoms with Crippen molar-refractivity contribution >= 4 is 27.5 Å². The minimum absolute atomic E-state index is 0.00745. The second-order valence-corrected chi connectivity index (χ2v) is 7.42. The van der Waals surface area contributed by atoms with Crippen LogP contribution in [0.3, 0.4) is 0 Å². The number of aliphatic carboxylic acids is 1. The van der Waals surface area contributed by atoms with E-state index in [0.29, 0.717) is 33.8 Å². The van der Waals surface area contributed by atoms with E-state index in [1.165, 1.54) is 11.3 Å². The van der Waals surface area contributed by atoms with Gasteiger partial charge in [-0.15, -0.1) is 11.3 Å². The molecule has 0 atom stereocenters. The van der Waals surface area contributed by atoms with E-state index in [9.17, 15) is 9.59 Å². The van der Waals surface area contributed by atoms with Crippen molar-refractivity contribution in [2.45, 2.75) is 26.3 Å². The third kappa shape index (κ3) is 3.36. The average molecular weight is 394 g/mol. The molecular weight excluding hydrogens is 376 g/mol. The number of aryl methyl sites for hydroxylation is 1. The summed E-state index contributed by atoms with van der Waals surface area (Å²) < 4.78 is 7.05. The number of thiophene rings is 1. The van der Waals surface area contributed by atoms with Gasteiger partial charge >= 0.3 is 5.97 Å². The van der Waals surface area contributed by atoms with Gasteiger partial charge in [0.15, 0.2) is 0 Å². The van der Waals surface area contributed by atoms with Gasteiger partial charge in [-0.25, -0.2) is 4.98 Å². The third-order valence-corrected chi connectivity index (χ3v) is 5.43. The number of aromatic nitrogens is 2. The first-order valence-corrected chi connectivity index (χ1v) is 9.77. The van der Waals surface area contributed by atoms with E-state index in [0.717, 1.165) is 11.1 Å². The molecule has 1 aromatic carbocycles. The van der Waals surface area contributed by atoms with Gasteiger partial charge in [-0.05, 0) is 25.5 Å². The lowest BCUT2D eigenvalue weighted by molar-refractivity contribution is -0.137. The molecule has 0 aliphatic rings. The SMILES string of the molecule is Cc1ccc(-c2nc3scc(-c4ccco4)c3c(=O)n2CCCC(=O)O)cc1. The molecule has 0 spiro atoms. The molecular formula is C21H18N2O4S. The number of hydrogen-bond donors (Lipinski definition) is 1. The lowest BCUT2D eigenvalue weighted by atomic mass is 10.1. The highest BCUT2D eigenvalue weighted by atomic mass is 32.1. The Morgan fingerprint density at radius 3 is 2.71 bits per heavy atom. The van der Waals surface area contributed by atoms with Crippen LogP contribution in [0.15, 0.2) is 57.3 Å². The van der Waals surface area contributed by atoms with Crippen LogP contribution in [0.4, 0.5) is 0 Å². The van der Waals surface area contributed by atoms with E-state index in [-0.39, 0.29) is 18.5 Å². The second kappa shape index (κ2) is 7.44. The molecule has 0 fully saturated rings. The zero-order chi connectivity index (χ0) is 19.7. The molecule has 142 valence electrons. The maximum atomic E-state index is 13.4. The van der Waals surface area contributed by atoms with Crippen LogP contribution in [0, 0.1) is 6.92 Å². The minimum atomic E-state index is -0.884. The molecule has 4 aromatic rings. The maximum absolute atomic E-state index is 13.4. The summed E-state index contributed by atoms with van der Waals surface area (Å²) in [5.74, 6) is 0.284. The Kier molecular flexibility index (Phi) is 4.83. The quantitative estimate of drug-likeness (QED) is 0.518. The molecule has 6 nitrogen and oxygen atoms in total. The van der Waals surface area contributed by atoms with E-state index in [2.05, 4.69) is 0 Å². The summed E-state index contributed by atoms with van der Waals surface area (Å²) in [7, 11) is 0. The first-order chi connectivity index (χ1) is 13.5. The summed E-state index contributed by atoms with van der Waals surface area (Å²) in [6.07, 6.45) is 1.91. The number of hydrogen-bond acceptors (Lipinski definition) is 5. The standard InChI is InChI=1S/C21H18N2O4S/c1-13-6-8-14(9-7-13)19-22-20-18(15(12-28-20)16-4-3-11-27-16)21(26)23(19)10-2-5-17(24)25/h3-4,6-9,11-12H,2,5,10H2,1H3,(H,24,25). The summed E-state index contributed by atoms with van der Waals surface area (Å²) in [5.41, 5.74) is 2.47. The highest BCUT2D eigenvalue weighted by molar-refractivity contribution is 7.17. The van der Waals surface area contributed by atoms with Gasteiger partial charge in [-0.1, -0.05) is 29.8 Å². The predicted molar refractivity (Wildman–Crippen MR) is 109 cm³/mol. The predicted octanol–water partition coefficient (Wildman–Crippen LogP) is 4.56. The Labute approximate surface area is 164 Å². The van der Waals surface area contributed by atoms with Gasteiger partial charge in [0.1, 0.15) is 16.4 Å². The molecule has 0 aliphatic heterocycles. The largest absolute Gasteiger partial charge is 0.481 e. The Bertz CT molecular complexity index is 1190. The van der Waals surface area contributed by atoms with Crippen molar-refractivity contribution in [3.8, 4) is 22.7 Å². The number of benzene rings is 1. The van der Waals surface area contributed by atoms with E-state index in [1.807, 2.05) is 42.6 Å². The molecule has 3 aromatic heterocycles. The zero-order valence-corrected chi connectivity index (χ0v) is 16.0. The molecule has 7 heteroatoms. The summed E-state index contributed by atoms with van der Waals surface area (Å²) in [4.78, 5) is 29.7. The van der Waals surface area contributed by atoms with Crippen LogP contribution in [0.1, 0.15) is 18.4 Å². The van der Waals surface area contributed by atoms with Crippen LogP contribution in [0.5, 0.6) is 0 Å². The topological polar surface area (TPSA) is 85.3 Å². The lowest BCUT2D eigenvalue weighted by Gasteiger charge is -2.13. The summed E-state index contributed by atoms with van der Waals surface area (Å²) in [5, 5.41) is 11.4. The van der Waals surface area contributed by atoms with Gasteiger partial charge in [0, 0.05) is 29.5 Å². The Morgan fingerprint density at radius 2 is 2.04 bits per heavy atom. The van der Waals surface area contributed by atoms with Crippen LogP contribution in [-0.2, 0) is 11.3 Å². The zero-order valence-electron chi connectivity index (χ0n) is 15.2. The molecule has 0 saturated carbocycles. The van der Waals surface area contributed by atoms with E-state index in [4.69, 9.17) is 14.5 Å². The molecule has 0 unspecified atom stereocenters. The molecule has 4 rings (SSSR count). The Balaban J connectivity index is 1.91. The number of furan rings is 1. The van der Waals surface area contributed by atoms with Crippen molar-refractivity contribution in [3.63, 3.8) is 0 Å². The summed E-state index contributed by atoms with van der Waals surface area (Å²) in [6.45, 7) is 2.28. The molecule has 0 saturated heterocycles. The van der Waals surface area contributed by atoms with E-state index >= 15 is 0 Å². The molecule has 0 bridgehead atoms. The van der Waals surface area contributed by atoms with Gasteiger partial charge in [0.2, 0.25) is 0 Å². The molecule has 3 heterocycles. The number of carbonyl (C=O) groups is 1. The number of nitrogens with zero attached hydrogens (tertiary/aromatic N) is 2. The fourth-order valence-electron chi connectivity index (χ4n) is 3.16. The van der Waals surface area contributed by atoms with Crippen molar-refractivity contribution in [1.29, 1.82) is 0 Å². The highest BCUT2D eigenvalue weighted by Crippen LogP contribution is 2.32. The fourth-order valence-corrected chi connectivity index (χ4v) is 4.07. The van der Waals surface area contributed by atoms with Crippen LogP contribution in [0.25, 0.3) is 32.9 Å². The maximum Gasteiger partial charge on any atom is 0.303 e. The average Bonchev–Trinajstić information content (AvgIpc) is 3.33. The monoisotopic (exact) mass is 394 g/mol. The van der Waals surface area contributed by atoms with Gasteiger partial charge in [0.05, 0.1) is 11.6 Å². The van der Waals surface area contributed by atoms with E-state index in [1.54, 1.807) is 16.9 Å². The van der Waals surface area contributed by atoms with Crippen molar-refractivity contribution in [3.05, 3.63) is 64.0 Å². The lowest BCUT2D eigenvalue weighted by Crippen LogP contribution is -2.23. The van der Waals surface area contributed by atoms with Gasteiger partial charge in [0.25, 0.3) is 5.56 Å². The normalized spacial score (nSPS) is 11.2. The Morgan fingerprint density at radius 1 is 1.25 bits per heavy atom. The van der Waals surface area contributed by atoms with Gasteiger partial charge in [-0.2, -0.15) is 0 Å². The van der Waals surface area contributed by atoms with Crippen molar-refractivity contribution in [1.82, 2.24) is 9.55 Å². The van der Waals surface area contributed by atoms with Gasteiger partial charge < -0.3 is 9.52 Å². The van der Waals surface area contributed by atoms with Crippen LogP contribution in [-0.4, -0.2) is 20.6 Å². The van der Waals surface area contributed by atoms with Crippen LogP contribution < -0.4 is 5.56 Å². The molecule has 1 N–H and O–H groups in total. The third-order valence-electron chi connectivity index (χ3n) is 4.56. The molecule has 0 amide bonds. The minimum Gasteiger partial charge on any atom is -0.481 e. The number of carboxylic acids is 1. The van der Waals surface area contributed by atoms with Crippen molar-refractivity contribution < 1.29 is 14.3 Å². The summed E-state index contributed by atoms with van der Waals surface area (Å²) in [6, 6.07) is 11.4. The van der Waals surface area contributed by atoms with Crippen LogP contribution in [0.2, 0.25) is 0 Å². The Hall–Kier alpha value is -3.19. The first kappa shape index (κ1) is 18.2. The van der Waals surface area contributed by atoms with Gasteiger partial charge in [-0.3, -0.25) is 14.2 Å². The van der Waals surface area contributed by atoms with Crippen molar-refractivity contribution in [2.24, 2.45) is 0 Å². The first-order valence-electron chi connectivity index (χ1n) is 8.89.